The third-order valence-corrected chi connectivity index (χ3v) is 7.30. The number of piperidine rings is 2. The van der Waals surface area contributed by atoms with E-state index in [4.69, 9.17) is 9.47 Å². The van der Waals surface area contributed by atoms with Gasteiger partial charge in [0.05, 0.1) is 0 Å². The summed E-state index contributed by atoms with van der Waals surface area (Å²) in [5, 5.41) is 23.8. The summed E-state index contributed by atoms with van der Waals surface area (Å²) in [5.41, 5.74) is -1.92. The van der Waals surface area contributed by atoms with Gasteiger partial charge >= 0.3 is 11.9 Å². The van der Waals surface area contributed by atoms with E-state index in [0.29, 0.717) is 31.2 Å². The molecule has 2 aliphatic heterocycles. The Morgan fingerprint density at radius 1 is 0.711 bits per heavy atom. The lowest BCUT2D eigenvalue weighted by atomic mass is 9.80. The molecule has 2 aliphatic rings. The second-order valence-corrected chi connectivity index (χ2v) is 12.7. The van der Waals surface area contributed by atoms with Gasteiger partial charge in [0, 0.05) is 47.8 Å². The lowest BCUT2D eigenvalue weighted by Crippen LogP contribution is -2.61. The minimum atomic E-state index is -0.745. The minimum Gasteiger partial charge on any atom is -0.458 e. The van der Waals surface area contributed by atoms with E-state index in [9.17, 15) is 20.0 Å². The molecular formula is C30H48N2O6. The van der Waals surface area contributed by atoms with Crippen LogP contribution in [-0.2, 0) is 19.1 Å². The standard InChI is InChI=1S/C28H42N2O6.C2H6/c1-25(2)15-20(16-26(3,4)29(25)33)35-23(31)22(14-19-12-10-9-11-13-19)24(32)36-21-17-27(5,6)30(34)28(7,8)18-21;1-2/h9-14,20-21,33-34H,15-18H2,1-8H3;1-2H3. The smallest absolute Gasteiger partial charge is 0.345 e. The number of hydrogen-bond acceptors (Lipinski definition) is 8. The first-order chi connectivity index (χ1) is 17.4. The van der Waals surface area contributed by atoms with E-state index in [-0.39, 0.29) is 5.57 Å². The van der Waals surface area contributed by atoms with Crippen molar-refractivity contribution in [1.29, 1.82) is 0 Å². The molecule has 1 aromatic rings. The van der Waals surface area contributed by atoms with Crippen molar-refractivity contribution in [1.82, 2.24) is 10.1 Å². The molecule has 3 rings (SSSR count). The number of hydrogen-bond donors (Lipinski definition) is 2. The van der Waals surface area contributed by atoms with E-state index in [1.54, 1.807) is 12.1 Å². The van der Waals surface area contributed by atoms with Crippen molar-refractivity contribution in [3.8, 4) is 0 Å². The number of rotatable bonds is 5. The average molecular weight is 533 g/mol. The van der Waals surface area contributed by atoms with Crippen molar-refractivity contribution in [2.24, 2.45) is 0 Å². The predicted molar refractivity (Wildman–Crippen MR) is 148 cm³/mol. The lowest BCUT2D eigenvalue weighted by molar-refractivity contribution is -0.259. The summed E-state index contributed by atoms with van der Waals surface area (Å²) in [7, 11) is 0. The van der Waals surface area contributed by atoms with Gasteiger partial charge in [-0.25, -0.2) is 9.59 Å². The van der Waals surface area contributed by atoms with Crippen LogP contribution in [0.2, 0.25) is 0 Å². The van der Waals surface area contributed by atoms with E-state index in [1.807, 2.05) is 87.4 Å². The van der Waals surface area contributed by atoms with Gasteiger partial charge in [0.1, 0.15) is 17.8 Å². The summed E-state index contributed by atoms with van der Waals surface area (Å²) in [5.74, 6) is -1.49. The van der Waals surface area contributed by atoms with Crippen LogP contribution < -0.4 is 0 Å². The quantitative estimate of drug-likeness (QED) is 0.206. The zero-order valence-corrected chi connectivity index (χ0v) is 24.9. The van der Waals surface area contributed by atoms with Gasteiger partial charge in [-0.1, -0.05) is 44.2 Å². The van der Waals surface area contributed by atoms with Crippen LogP contribution in [0, 0.1) is 0 Å². The highest BCUT2D eigenvalue weighted by molar-refractivity contribution is 6.17. The van der Waals surface area contributed by atoms with Crippen molar-refractivity contribution in [3.63, 3.8) is 0 Å². The summed E-state index contributed by atoms with van der Waals surface area (Å²) in [6, 6.07) is 9.10. The van der Waals surface area contributed by atoms with E-state index < -0.39 is 46.3 Å². The van der Waals surface area contributed by atoms with E-state index in [1.165, 1.54) is 16.2 Å². The second kappa shape index (κ2) is 11.9. The Bertz CT molecular complexity index is 905. The van der Waals surface area contributed by atoms with Gasteiger partial charge in [0.15, 0.2) is 0 Å². The van der Waals surface area contributed by atoms with Crippen LogP contribution in [-0.4, -0.2) is 66.8 Å². The molecule has 8 nitrogen and oxygen atoms in total. The van der Waals surface area contributed by atoms with Crippen LogP contribution in [0.25, 0.3) is 6.08 Å². The largest absolute Gasteiger partial charge is 0.458 e. The molecule has 0 atom stereocenters. The van der Waals surface area contributed by atoms with Crippen molar-refractivity contribution in [2.75, 3.05) is 0 Å². The Hall–Kier alpha value is -2.26. The topological polar surface area (TPSA) is 99.5 Å². The Morgan fingerprint density at radius 3 is 1.34 bits per heavy atom. The molecule has 2 heterocycles. The van der Waals surface area contributed by atoms with Crippen LogP contribution in [0.1, 0.15) is 100 Å². The molecule has 0 aliphatic carbocycles. The van der Waals surface area contributed by atoms with Crippen molar-refractivity contribution < 1.29 is 29.5 Å². The molecule has 214 valence electrons. The van der Waals surface area contributed by atoms with Crippen molar-refractivity contribution in [3.05, 3.63) is 41.5 Å². The first kappa shape index (κ1) is 32.0. The Kier molecular flexibility index (Phi) is 9.98. The third kappa shape index (κ3) is 7.44. The van der Waals surface area contributed by atoms with Crippen molar-refractivity contribution >= 4 is 18.0 Å². The average Bonchev–Trinajstić information content (AvgIpc) is 2.80. The number of benzene rings is 1. The Labute approximate surface area is 228 Å². The molecule has 1 aromatic carbocycles. The van der Waals surface area contributed by atoms with Crippen LogP contribution in [0.15, 0.2) is 35.9 Å². The molecule has 0 saturated carbocycles. The first-order valence-corrected chi connectivity index (χ1v) is 13.6. The summed E-state index contributed by atoms with van der Waals surface area (Å²) in [6.07, 6.45) is 2.22. The fourth-order valence-electron chi connectivity index (χ4n) is 5.87. The molecule has 0 amide bonds. The summed E-state index contributed by atoms with van der Waals surface area (Å²) < 4.78 is 11.7. The molecule has 0 aromatic heterocycles. The summed E-state index contributed by atoms with van der Waals surface area (Å²) >= 11 is 0. The maximum absolute atomic E-state index is 13.4. The molecule has 2 fully saturated rings. The molecule has 8 heteroatoms. The van der Waals surface area contributed by atoms with Crippen LogP contribution in [0.3, 0.4) is 0 Å². The number of carbonyl (C=O) groups is 2. The molecule has 0 spiro atoms. The highest BCUT2D eigenvalue weighted by Gasteiger charge is 2.48. The van der Waals surface area contributed by atoms with Gasteiger partial charge in [0.25, 0.3) is 0 Å². The van der Waals surface area contributed by atoms with Crippen molar-refractivity contribution in [2.45, 2.75) is 129 Å². The monoisotopic (exact) mass is 532 g/mol. The van der Waals surface area contributed by atoms with E-state index in [0.717, 1.165) is 0 Å². The van der Waals surface area contributed by atoms with Gasteiger partial charge in [-0.2, -0.15) is 10.1 Å². The van der Waals surface area contributed by atoms with Crippen LogP contribution in [0.4, 0.5) is 0 Å². The highest BCUT2D eigenvalue weighted by Crippen LogP contribution is 2.39. The number of hydroxylamine groups is 4. The van der Waals surface area contributed by atoms with Crippen LogP contribution >= 0.6 is 0 Å². The van der Waals surface area contributed by atoms with Gasteiger partial charge in [-0.05, 0) is 67.0 Å². The number of esters is 2. The number of carbonyl (C=O) groups excluding carboxylic acids is 2. The van der Waals surface area contributed by atoms with Gasteiger partial charge in [-0.15, -0.1) is 0 Å². The molecule has 0 unspecified atom stereocenters. The van der Waals surface area contributed by atoms with Gasteiger partial charge in [0.2, 0.25) is 0 Å². The van der Waals surface area contributed by atoms with E-state index >= 15 is 0 Å². The SMILES string of the molecule is CC.CC1(C)CC(OC(=O)C(=Cc2ccccc2)C(=O)OC2CC(C)(C)N(O)C(C)(C)C2)CC(C)(C)N1O. The van der Waals surface area contributed by atoms with Crippen LogP contribution in [0.5, 0.6) is 0 Å². The minimum absolute atomic E-state index is 0.176. The highest BCUT2D eigenvalue weighted by atomic mass is 16.6. The third-order valence-electron chi connectivity index (χ3n) is 7.30. The molecule has 2 N–H and O–H groups in total. The lowest BCUT2D eigenvalue weighted by Gasteiger charge is -2.51. The predicted octanol–water partition coefficient (Wildman–Crippen LogP) is 6.00. The summed E-state index contributed by atoms with van der Waals surface area (Å²) in [6.45, 7) is 19.1. The number of ether oxygens (including phenoxy) is 2. The van der Waals surface area contributed by atoms with E-state index in [2.05, 4.69) is 0 Å². The fourth-order valence-corrected chi connectivity index (χ4v) is 5.87. The fraction of sp³-hybridized carbons (Fsp3) is 0.667. The zero-order chi connectivity index (χ0) is 29.1. The molecule has 0 bridgehead atoms. The Balaban J connectivity index is 0.00000247. The van der Waals surface area contributed by atoms with Gasteiger partial charge in [-0.3, -0.25) is 0 Å². The number of nitrogens with zero attached hydrogens (tertiary/aromatic N) is 2. The zero-order valence-electron chi connectivity index (χ0n) is 24.9. The maximum Gasteiger partial charge on any atom is 0.345 e. The normalized spacial score (nSPS) is 22.9. The first-order valence-electron chi connectivity index (χ1n) is 13.6. The molecule has 2 saturated heterocycles. The molecule has 0 radical (unpaired) electrons. The molecule has 38 heavy (non-hydrogen) atoms. The van der Waals surface area contributed by atoms with Gasteiger partial charge < -0.3 is 19.9 Å². The maximum atomic E-state index is 13.4. The summed E-state index contributed by atoms with van der Waals surface area (Å²) in [4.78, 5) is 26.8. The molecular weight excluding hydrogens is 484 g/mol. The second-order valence-electron chi connectivity index (χ2n) is 12.7. The Morgan fingerprint density at radius 2 is 1.03 bits per heavy atom.